The Morgan fingerprint density at radius 2 is 1.29 bits per heavy atom. The normalized spacial score (nSPS) is 14.8. The smallest absolute Gasteiger partial charge is 0.328 e. The number of nitrogens with one attached hydrogen (secondary N) is 6. The van der Waals surface area contributed by atoms with Crippen molar-refractivity contribution in [3.8, 4) is 0 Å². The second kappa shape index (κ2) is 22.3. The van der Waals surface area contributed by atoms with E-state index in [-0.39, 0.29) is 50.7 Å². The third-order valence-corrected chi connectivity index (χ3v) is 8.23. The van der Waals surface area contributed by atoms with Crippen LogP contribution in [0.15, 0.2) is 40.4 Å². The summed E-state index contributed by atoms with van der Waals surface area (Å²) in [6, 6.07) is -1.10. The Kier molecular flexibility index (Phi) is 18.3. The molecule has 0 saturated heterocycles. The van der Waals surface area contributed by atoms with E-state index in [2.05, 4.69) is 41.6 Å². The van der Waals surface area contributed by atoms with Crippen LogP contribution in [0.25, 0.3) is 10.9 Å². The van der Waals surface area contributed by atoms with Crippen molar-refractivity contribution in [1.82, 2.24) is 31.6 Å². The van der Waals surface area contributed by atoms with Gasteiger partial charge in [0.05, 0.1) is 18.8 Å². The lowest BCUT2D eigenvalue weighted by Crippen LogP contribution is -2.60. The number of carbonyl (C=O) groups excluding carboxylic acids is 5. The quantitative estimate of drug-likeness (QED) is 0.0286. The number of aromatic nitrogens is 1. The third-order valence-electron chi connectivity index (χ3n) is 8.23. The van der Waals surface area contributed by atoms with E-state index in [0.29, 0.717) is 12.0 Å². The molecule has 0 unspecified atom stereocenters. The maximum atomic E-state index is 13.8. The van der Waals surface area contributed by atoms with Gasteiger partial charge in [-0.15, -0.1) is 0 Å². The molecule has 19 N–H and O–H groups in total. The number of para-hydroxylation sites is 1. The molecule has 1 aromatic carbocycles. The number of nitrogens with two attached hydrogens (primary N) is 5. The van der Waals surface area contributed by atoms with Crippen LogP contribution in [-0.4, -0.2) is 130 Å². The zero-order chi connectivity index (χ0) is 41.2. The van der Waals surface area contributed by atoms with Gasteiger partial charge in [0.25, 0.3) is 0 Å². The number of carboxylic acids is 1. The van der Waals surface area contributed by atoms with Gasteiger partial charge in [0.15, 0.2) is 18.0 Å². The predicted octanol–water partition coefficient (Wildman–Crippen LogP) is -4.95. The van der Waals surface area contributed by atoms with Gasteiger partial charge in [0.2, 0.25) is 29.5 Å². The van der Waals surface area contributed by atoms with Gasteiger partial charge >= 0.3 is 5.97 Å². The molecule has 0 aliphatic carbocycles. The molecule has 1 heterocycles. The highest BCUT2D eigenvalue weighted by molar-refractivity contribution is 5.97. The molecule has 2 rings (SSSR count). The number of aliphatic hydroxyl groups excluding tert-OH is 2. The Balaban J connectivity index is 2.25. The first-order valence-electron chi connectivity index (χ1n) is 17.4. The fourth-order valence-electron chi connectivity index (χ4n) is 5.22. The molecule has 22 heteroatoms. The lowest BCUT2D eigenvalue weighted by atomic mass is 10.0. The molecule has 0 spiro atoms. The van der Waals surface area contributed by atoms with Gasteiger partial charge in [-0.2, -0.15) is 0 Å². The van der Waals surface area contributed by atoms with Crippen LogP contribution in [0.2, 0.25) is 0 Å². The molecule has 55 heavy (non-hydrogen) atoms. The molecule has 0 radical (unpaired) electrons. The number of aliphatic carboxylic acids is 1. The molecule has 0 saturated carbocycles. The summed E-state index contributed by atoms with van der Waals surface area (Å²) in [4.78, 5) is 88.6. The first kappa shape index (κ1) is 45.2. The van der Waals surface area contributed by atoms with Gasteiger partial charge in [-0.25, -0.2) is 4.79 Å². The number of amides is 5. The summed E-state index contributed by atoms with van der Waals surface area (Å²) in [6.45, 7) is 1.92. The average Bonchev–Trinajstić information content (AvgIpc) is 3.53. The second-order valence-corrected chi connectivity index (χ2v) is 12.7. The van der Waals surface area contributed by atoms with E-state index in [4.69, 9.17) is 28.7 Å². The fourth-order valence-corrected chi connectivity index (χ4v) is 5.22. The molecule has 22 nitrogen and oxygen atoms in total. The van der Waals surface area contributed by atoms with Gasteiger partial charge < -0.3 is 75.6 Å². The first-order chi connectivity index (χ1) is 25.9. The van der Waals surface area contributed by atoms with Crippen molar-refractivity contribution in [2.75, 3.05) is 19.7 Å². The summed E-state index contributed by atoms with van der Waals surface area (Å²) >= 11 is 0. The molecule has 0 fully saturated rings. The minimum Gasteiger partial charge on any atom is -0.480 e. The standard InChI is InChI=1S/C33H53N13O9/c1-16(26(49)43-22(10-6-12-40-33(37)38)28(51)46-25(17(2)48)31(54)55)42-29(52)23(13-18-14-41-21-9-4-3-7-19(18)21)44-30(53)24(15-47)45-27(50)20(34)8-5-11-39-32(35)36/h3-4,7,9,14,16-17,20,22-25,41,47-48H,5-6,8,10-13,15,34H2,1-2H3,(H,42,52)(H,43,49)(H,44,53)(H,45,50)(H,46,51)(H,54,55)(H4,35,36,39)(H4,37,38,40)/t16-,17+,20-,22-,23-,24-,25-/m0/s1. The number of benzene rings is 1. The third kappa shape index (κ3) is 15.1. The molecule has 0 bridgehead atoms. The van der Waals surface area contributed by atoms with Crippen LogP contribution in [0, 0.1) is 0 Å². The predicted molar refractivity (Wildman–Crippen MR) is 202 cm³/mol. The molecule has 2 aromatic rings. The number of hydrogen-bond acceptors (Lipinski definition) is 11. The van der Waals surface area contributed by atoms with Crippen LogP contribution in [0.3, 0.4) is 0 Å². The van der Waals surface area contributed by atoms with E-state index in [0.717, 1.165) is 10.9 Å². The second-order valence-electron chi connectivity index (χ2n) is 12.7. The maximum absolute atomic E-state index is 13.8. The van der Waals surface area contributed by atoms with E-state index in [1.807, 2.05) is 0 Å². The number of rotatable bonds is 23. The molecule has 0 aliphatic heterocycles. The number of carbonyl (C=O) groups is 6. The summed E-state index contributed by atoms with van der Waals surface area (Å²) in [7, 11) is 0. The van der Waals surface area contributed by atoms with Gasteiger partial charge in [-0.3, -0.25) is 34.0 Å². The number of fused-ring (bicyclic) bond motifs is 1. The number of H-pyrrole nitrogens is 1. The van der Waals surface area contributed by atoms with Crippen molar-refractivity contribution in [2.24, 2.45) is 38.7 Å². The number of aliphatic imine (C=N–C) groups is 2. The number of carboxylic acid groups (broad SMARTS) is 1. The molecule has 7 atom stereocenters. The van der Waals surface area contributed by atoms with Crippen molar-refractivity contribution in [3.05, 3.63) is 36.0 Å². The van der Waals surface area contributed by atoms with Crippen LogP contribution < -0.4 is 55.3 Å². The van der Waals surface area contributed by atoms with Crippen LogP contribution >= 0.6 is 0 Å². The fraction of sp³-hybridized carbons (Fsp3) is 0.515. The van der Waals surface area contributed by atoms with Gasteiger partial charge in [-0.05, 0) is 51.2 Å². The molecular weight excluding hydrogens is 722 g/mol. The van der Waals surface area contributed by atoms with Crippen molar-refractivity contribution in [3.63, 3.8) is 0 Å². The summed E-state index contributed by atoms with van der Waals surface area (Å²) in [5, 5.41) is 42.1. The van der Waals surface area contributed by atoms with E-state index >= 15 is 0 Å². The molecule has 304 valence electrons. The zero-order valence-electron chi connectivity index (χ0n) is 30.7. The van der Waals surface area contributed by atoms with Gasteiger partial charge in [0.1, 0.15) is 24.2 Å². The maximum Gasteiger partial charge on any atom is 0.328 e. The van der Waals surface area contributed by atoms with Crippen molar-refractivity contribution < 1.29 is 44.1 Å². The Morgan fingerprint density at radius 3 is 1.87 bits per heavy atom. The van der Waals surface area contributed by atoms with E-state index in [1.54, 1.807) is 30.5 Å². The summed E-state index contributed by atoms with van der Waals surface area (Å²) in [6.07, 6.45) is 0.700. The summed E-state index contributed by atoms with van der Waals surface area (Å²) in [5.41, 5.74) is 28.6. The summed E-state index contributed by atoms with van der Waals surface area (Å²) < 4.78 is 0. The topological polar surface area (TPSA) is 394 Å². The lowest BCUT2D eigenvalue weighted by molar-refractivity contribution is -0.145. The van der Waals surface area contributed by atoms with Crippen molar-refractivity contribution >= 4 is 58.3 Å². The number of aromatic amines is 1. The number of aliphatic hydroxyl groups is 2. The van der Waals surface area contributed by atoms with E-state index in [9.17, 15) is 44.1 Å². The Morgan fingerprint density at radius 1 is 0.745 bits per heavy atom. The number of nitrogens with zero attached hydrogens (tertiary/aromatic N) is 2. The first-order valence-corrected chi connectivity index (χ1v) is 17.4. The van der Waals surface area contributed by atoms with Gasteiger partial charge in [0, 0.05) is 36.6 Å². The van der Waals surface area contributed by atoms with Crippen LogP contribution in [0.1, 0.15) is 45.1 Å². The van der Waals surface area contributed by atoms with E-state index < -0.39 is 84.5 Å². The van der Waals surface area contributed by atoms with E-state index in [1.165, 1.54) is 13.8 Å². The highest BCUT2D eigenvalue weighted by Gasteiger charge is 2.33. The molecule has 5 amide bonds. The Hall–Kier alpha value is -6.00. The molecule has 1 aromatic heterocycles. The highest BCUT2D eigenvalue weighted by Crippen LogP contribution is 2.19. The molecule has 0 aliphatic rings. The SMILES string of the molecule is C[C@H](NC(=O)[C@H](Cc1c[nH]c2ccccc12)NC(=O)[C@H](CO)NC(=O)[C@@H](N)CCCN=C(N)N)C(=O)N[C@@H](CCCN=C(N)N)C(=O)N[C@H](C(=O)O)[C@@H](C)O. The monoisotopic (exact) mass is 775 g/mol. The Bertz CT molecular complexity index is 1690. The Labute approximate surface area is 316 Å². The van der Waals surface area contributed by atoms with Crippen LogP contribution in [0.5, 0.6) is 0 Å². The number of guanidine groups is 2. The minimum atomic E-state index is -1.69. The van der Waals surface area contributed by atoms with Gasteiger partial charge in [-0.1, -0.05) is 18.2 Å². The zero-order valence-corrected chi connectivity index (χ0v) is 30.7. The lowest BCUT2D eigenvalue weighted by Gasteiger charge is -2.26. The summed E-state index contributed by atoms with van der Waals surface area (Å²) in [5.74, 6) is -6.14. The average molecular weight is 776 g/mol. The largest absolute Gasteiger partial charge is 0.480 e. The number of hydrogen-bond donors (Lipinski definition) is 14. The minimum absolute atomic E-state index is 0.0609. The van der Waals surface area contributed by atoms with Crippen LogP contribution in [0.4, 0.5) is 0 Å². The highest BCUT2D eigenvalue weighted by atomic mass is 16.4. The van der Waals surface area contributed by atoms with Crippen LogP contribution in [-0.2, 0) is 35.2 Å². The van der Waals surface area contributed by atoms with Crippen molar-refractivity contribution in [2.45, 2.75) is 88.3 Å². The van der Waals surface area contributed by atoms with Crippen molar-refractivity contribution in [1.29, 1.82) is 0 Å². The molecular formula is C33H53N13O9.